The number of hydrogen-bond acceptors (Lipinski definition) is 6. The standard InChI is InChI=1S/C22H21N5O2S/c1-15-8-10-17(11-9-15)18-13-21(29-26-18)23-20(28)14-30-22-25-24-19(27(22)2)12-16-6-4-3-5-7-16/h3-11,13H,12,14H2,1-2H3,(H,23,28). The second-order valence-corrected chi connectivity index (χ2v) is 7.84. The summed E-state index contributed by atoms with van der Waals surface area (Å²) in [6.07, 6.45) is 0.691. The van der Waals surface area contributed by atoms with Crippen molar-refractivity contribution >= 4 is 23.6 Å². The summed E-state index contributed by atoms with van der Waals surface area (Å²) >= 11 is 1.33. The van der Waals surface area contributed by atoms with Gasteiger partial charge >= 0.3 is 0 Å². The summed E-state index contributed by atoms with van der Waals surface area (Å²) < 4.78 is 7.15. The molecule has 0 saturated carbocycles. The van der Waals surface area contributed by atoms with Crippen molar-refractivity contribution in [3.63, 3.8) is 0 Å². The Labute approximate surface area is 178 Å². The lowest BCUT2D eigenvalue weighted by Gasteiger charge is -2.04. The molecule has 4 aromatic rings. The van der Waals surface area contributed by atoms with Crippen LogP contribution in [0.25, 0.3) is 11.3 Å². The van der Waals surface area contributed by atoms with E-state index in [1.54, 1.807) is 6.07 Å². The van der Waals surface area contributed by atoms with Gasteiger partial charge < -0.3 is 9.09 Å². The minimum atomic E-state index is -0.195. The molecule has 2 aromatic heterocycles. The van der Waals surface area contributed by atoms with Crippen LogP contribution in [0.3, 0.4) is 0 Å². The van der Waals surface area contributed by atoms with Crippen LogP contribution in [0.4, 0.5) is 5.88 Å². The van der Waals surface area contributed by atoms with E-state index in [4.69, 9.17) is 4.52 Å². The van der Waals surface area contributed by atoms with Gasteiger partial charge in [0.15, 0.2) is 5.16 Å². The average Bonchev–Trinajstić information content (AvgIpc) is 3.35. The predicted octanol–water partition coefficient (Wildman–Crippen LogP) is 4.10. The third-order valence-corrected chi connectivity index (χ3v) is 5.60. The van der Waals surface area contributed by atoms with E-state index in [0.717, 1.165) is 17.0 Å². The largest absolute Gasteiger partial charge is 0.338 e. The third-order valence-electron chi connectivity index (χ3n) is 4.58. The molecule has 2 heterocycles. The first-order chi connectivity index (χ1) is 14.6. The van der Waals surface area contributed by atoms with Crippen molar-refractivity contribution in [3.05, 3.63) is 77.6 Å². The van der Waals surface area contributed by atoms with Crippen LogP contribution in [0.2, 0.25) is 0 Å². The molecule has 0 radical (unpaired) electrons. The van der Waals surface area contributed by atoms with Crippen LogP contribution in [0.5, 0.6) is 0 Å². The lowest BCUT2D eigenvalue weighted by Crippen LogP contribution is -2.14. The topological polar surface area (TPSA) is 85.8 Å². The Kier molecular flexibility index (Phi) is 5.94. The summed E-state index contributed by atoms with van der Waals surface area (Å²) in [4.78, 5) is 12.3. The van der Waals surface area contributed by atoms with Crippen molar-refractivity contribution in [1.82, 2.24) is 19.9 Å². The fourth-order valence-corrected chi connectivity index (χ4v) is 3.63. The van der Waals surface area contributed by atoms with E-state index in [1.807, 2.05) is 61.0 Å². The van der Waals surface area contributed by atoms with Crippen LogP contribution in [-0.2, 0) is 18.3 Å². The molecule has 0 aliphatic rings. The van der Waals surface area contributed by atoms with Crippen LogP contribution in [-0.4, -0.2) is 31.6 Å². The number of aromatic nitrogens is 4. The van der Waals surface area contributed by atoms with E-state index >= 15 is 0 Å². The van der Waals surface area contributed by atoms with Gasteiger partial charge in [-0.1, -0.05) is 77.1 Å². The normalized spacial score (nSPS) is 10.9. The number of carbonyl (C=O) groups excluding carboxylic acids is 1. The number of rotatable bonds is 7. The van der Waals surface area contributed by atoms with Gasteiger partial charge in [0, 0.05) is 25.1 Å². The van der Waals surface area contributed by atoms with Crippen LogP contribution >= 0.6 is 11.8 Å². The smallest absolute Gasteiger partial charge is 0.237 e. The molecule has 2 aromatic carbocycles. The second kappa shape index (κ2) is 8.96. The molecule has 0 spiro atoms. The van der Waals surface area contributed by atoms with E-state index in [9.17, 15) is 4.79 Å². The molecule has 1 amide bonds. The van der Waals surface area contributed by atoms with Crippen LogP contribution in [0.1, 0.15) is 17.0 Å². The molecular weight excluding hydrogens is 398 g/mol. The Morgan fingerprint density at radius 2 is 1.87 bits per heavy atom. The summed E-state index contributed by atoms with van der Waals surface area (Å²) in [5.41, 5.74) is 3.95. The molecule has 7 nitrogen and oxygen atoms in total. The molecule has 0 bridgehead atoms. The fourth-order valence-electron chi connectivity index (χ4n) is 2.90. The Balaban J connectivity index is 1.33. The number of anilines is 1. The molecule has 0 fully saturated rings. The molecule has 8 heteroatoms. The van der Waals surface area contributed by atoms with E-state index < -0.39 is 0 Å². The molecule has 0 aliphatic carbocycles. The zero-order chi connectivity index (χ0) is 20.9. The van der Waals surface area contributed by atoms with Crippen LogP contribution in [0.15, 0.2) is 70.3 Å². The van der Waals surface area contributed by atoms with Gasteiger partial charge in [0.05, 0.1) is 5.75 Å². The predicted molar refractivity (Wildman–Crippen MR) is 116 cm³/mol. The zero-order valence-electron chi connectivity index (χ0n) is 16.7. The number of hydrogen-bond donors (Lipinski definition) is 1. The highest BCUT2D eigenvalue weighted by atomic mass is 32.2. The minimum absolute atomic E-state index is 0.192. The van der Waals surface area contributed by atoms with Crippen molar-refractivity contribution in [3.8, 4) is 11.3 Å². The van der Waals surface area contributed by atoms with Crippen molar-refractivity contribution in [1.29, 1.82) is 0 Å². The van der Waals surface area contributed by atoms with E-state index in [1.165, 1.54) is 17.3 Å². The SMILES string of the molecule is Cc1ccc(-c2cc(NC(=O)CSc3nnc(Cc4ccccc4)n3C)on2)cc1. The number of aryl methyl sites for hydroxylation is 1. The number of nitrogens with zero attached hydrogens (tertiary/aromatic N) is 4. The zero-order valence-corrected chi connectivity index (χ0v) is 17.5. The van der Waals surface area contributed by atoms with E-state index in [-0.39, 0.29) is 11.7 Å². The Bertz CT molecular complexity index is 1140. The second-order valence-electron chi connectivity index (χ2n) is 6.90. The van der Waals surface area contributed by atoms with E-state index in [2.05, 4.69) is 32.8 Å². The summed E-state index contributed by atoms with van der Waals surface area (Å²) in [5.74, 6) is 1.16. The van der Waals surface area contributed by atoms with Gasteiger partial charge in [0.1, 0.15) is 11.5 Å². The molecule has 152 valence electrons. The first-order valence-electron chi connectivity index (χ1n) is 9.47. The lowest BCUT2D eigenvalue weighted by atomic mass is 10.1. The summed E-state index contributed by atoms with van der Waals surface area (Å²) in [6, 6.07) is 19.8. The first kappa shape index (κ1) is 19.9. The molecule has 0 atom stereocenters. The van der Waals surface area contributed by atoms with Gasteiger partial charge in [0.25, 0.3) is 0 Å². The Morgan fingerprint density at radius 3 is 2.63 bits per heavy atom. The van der Waals surface area contributed by atoms with Crippen LogP contribution in [0, 0.1) is 6.92 Å². The van der Waals surface area contributed by atoms with Crippen LogP contribution < -0.4 is 5.32 Å². The third kappa shape index (κ3) is 4.77. The highest BCUT2D eigenvalue weighted by molar-refractivity contribution is 7.99. The van der Waals surface area contributed by atoms with Crippen molar-refractivity contribution < 1.29 is 9.32 Å². The number of benzene rings is 2. The van der Waals surface area contributed by atoms with Gasteiger partial charge in [0.2, 0.25) is 11.8 Å². The molecule has 4 rings (SSSR count). The quantitative estimate of drug-likeness (QED) is 0.454. The maximum Gasteiger partial charge on any atom is 0.237 e. The summed E-state index contributed by atoms with van der Waals surface area (Å²) in [6.45, 7) is 2.03. The summed E-state index contributed by atoms with van der Waals surface area (Å²) in [5, 5.41) is 15.9. The van der Waals surface area contributed by atoms with Crippen molar-refractivity contribution in [2.45, 2.75) is 18.5 Å². The van der Waals surface area contributed by atoms with Gasteiger partial charge in [-0.3, -0.25) is 10.1 Å². The monoisotopic (exact) mass is 419 g/mol. The maximum absolute atomic E-state index is 12.3. The van der Waals surface area contributed by atoms with Gasteiger partial charge in [-0.25, -0.2) is 0 Å². The molecular formula is C22H21N5O2S. The van der Waals surface area contributed by atoms with Gasteiger partial charge in [-0.15, -0.1) is 10.2 Å². The number of nitrogens with one attached hydrogen (secondary N) is 1. The van der Waals surface area contributed by atoms with Gasteiger partial charge in [-0.2, -0.15) is 0 Å². The average molecular weight is 420 g/mol. The molecule has 0 aliphatic heterocycles. The van der Waals surface area contributed by atoms with Gasteiger partial charge in [-0.05, 0) is 12.5 Å². The molecule has 30 heavy (non-hydrogen) atoms. The number of carbonyl (C=O) groups is 1. The Morgan fingerprint density at radius 1 is 1.10 bits per heavy atom. The highest BCUT2D eigenvalue weighted by Crippen LogP contribution is 2.23. The highest BCUT2D eigenvalue weighted by Gasteiger charge is 2.14. The molecule has 0 saturated heterocycles. The molecule has 1 N–H and O–H groups in total. The first-order valence-corrected chi connectivity index (χ1v) is 10.5. The summed E-state index contributed by atoms with van der Waals surface area (Å²) in [7, 11) is 1.91. The maximum atomic E-state index is 12.3. The van der Waals surface area contributed by atoms with E-state index in [0.29, 0.717) is 23.2 Å². The van der Waals surface area contributed by atoms with Crippen molar-refractivity contribution in [2.24, 2.45) is 7.05 Å². The molecule has 0 unspecified atom stereocenters. The number of thioether (sulfide) groups is 1. The minimum Gasteiger partial charge on any atom is -0.338 e. The van der Waals surface area contributed by atoms with Crippen molar-refractivity contribution in [2.75, 3.05) is 11.1 Å². The number of amides is 1. The Hall–Kier alpha value is -3.39. The lowest BCUT2D eigenvalue weighted by molar-refractivity contribution is -0.113. The fraction of sp³-hybridized carbons (Fsp3) is 0.182.